The van der Waals surface area contributed by atoms with Gasteiger partial charge in [-0.25, -0.2) is 0 Å². The van der Waals surface area contributed by atoms with Crippen LogP contribution in [0.5, 0.6) is 0 Å². The van der Waals surface area contributed by atoms with E-state index in [0.29, 0.717) is 0 Å². The molecule has 0 aliphatic heterocycles. The van der Waals surface area contributed by atoms with Crippen LogP contribution in [-0.4, -0.2) is 0 Å². The van der Waals surface area contributed by atoms with Crippen molar-refractivity contribution in [2.24, 2.45) is 0 Å². The SMILES string of the molecule is CC=CCCC.[Ru]. The standard InChI is InChI=1S/C6H12.Ru/c1-3-5-6-4-2;/h3,5H,4,6H2,1-2H3;. The zero-order valence-electron chi connectivity index (χ0n) is 4.92. The van der Waals surface area contributed by atoms with E-state index in [1.165, 1.54) is 12.8 Å². The van der Waals surface area contributed by atoms with Gasteiger partial charge in [0.1, 0.15) is 0 Å². The Morgan fingerprint density at radius 2 is 2.00 bits per heavy atom. The van der Waals surface area contributed by atoms with Gasteiger partial charge in [-0.3, -0.25) is 0 Å². The Bertz CT molecular complexity index is 39.4. The van der Waals surface area contributed by atoms with Crippen LogP contribution >= 0.6 is 0 Å². The molecule has 0 aliphatic carbocycles. The molecule has 1 heteroatoms. The van der Waals surface area contributed by atoms with Gasteiger partial charge in [0.05, 0.1) is 0 Å². The first-order valence-corrected chi connectivity index (χ1v) is 2.53. The number of rotatable bonds is 2. The number of unbranched alkanes of at least 4 members (excludes halogenated alkanes) is 1. The van der Waals surface area contributed by atoms with Crippen LogP contribution in [0.15, 0.2) is 12.2 Å². The van der Waals surface area contributed by atoms with Gasteiger partial charge >= 0.3 is 0 Å². The first-order valence-electron chi connectivity index (χ1n) is 2.53. The first-order chi connectivity index (χ1) is 2.91. The Labute approximate surface area is 58.8 Å². The first kappa shape index (κ1) is 10.4. The maximum Gasteiger partial charge on any atom is 0 e. The topological polar surface area (TPSA) is 0 Å². The molecule has 0 radical (unpaired) electrons. The van der Waals surface area contributed by atoms with Gasteiger partial charge in [0.25, 0.3) is 0 Å². The number of hydrogen-bond donors (Lipinski definition) is 0. The maximum absolute atomic E-state index is 2.18. The van der Waals surface area contributed by atoms with Gasteiger partial charge < -0.3 is 0 Å². The quantitative estimate of drug-likeness (QED) is 0.457. The van der Waals surface area contributed by atoms with E-state index in [0.717, 1.165) is 0 Å². The van der Waals surface area contributed by atoms with E-state index in [2.05, 4.69) is 26.0 Å². The van der Waals surface area contributed by atoms with E-state index in [-0.39, 0.29) is 19.5 Å². The fraction of sp³-hybridized carbons (Fsp3) is 0.667. The van der Waals surface area contributed by atoms with Crippen molar-refractivity contribution < 1.29 is 19.5 Å². The summed E-state index contributed by atoms with van der Waals surface area (Å²) in [5.74, 6) is 0. The van der Waals surface area contributed by atoms with Gasteiger partial charge in [0.15, 0.2) is 0 Å². The molecule has 0 saturated heterocycles. The van der Waals surface area contributed by atoms with Crippen LogP contribution in [0.3, 0.4) is 0 Å². The molecule has 0 saturated carbocycles. The van der Waals surface area contributed by atoms with Crippen molar-refractivity contribution >= 4 is 0 Å². The van der Waals surface area contributed by atoms with E-state index in [4.69, 9.17) is 0 Å². The zero-order valence-corrected chi connectivity index (χ0v) is 6.66. The van der Waals surface area contributed by atoms with Crippen LogP contribution in [0.4, 0.5) is 0 Å². The Morgan fingerprint density at radius 3 is 2.14 bits per heavy atom. The third kappa shape index (κ3) is 10.7. The number of allylic oxidation sites excluding steroid dienone is 2. The molecule has 0 spiro atoms. The average molecular weight is 185 g/mol. The zero-order chi connectivity index (χ0) is 4.83. The molecular formula is C6H12Ru. The van der Waals surface area contributed by atoms with Crippen LogP contribution in [0.25, 0.3) is 0 Å². The summed E-state index contributed by atoms with van der Waals surface area (Å²) < 4.78 is 0. The summed E-state index contributed by atoms with van der Waals surface area (Å²) in [6.45, 7) is 4.23. The van der Waals surface area contributed by atoms with E-state index in [1.807, 2.05) is 0 Å². The van der Waals surface area contributed by atoms with Crippen molar-refractivity contribution in [3.05, 3.63) is 12.2 Å². The predicted molar refractivity (Wildman–Crippen MR) is 29.7 cm³/mol. The van der Waals surface area contributed by atoms with Crippen LogP contribution in [0.2, 0.25) is 0 Å². The number of hydrogen-bond acceptors (Lipinski definition) is 0. The molecule has 0 unspecified atom stereocenters. The molecule has 0 atom stereocenters. The molecule has 0 fully saturated rings. The van der Waals surface area contributed by atoms with E-state index < -0.39 is 0 Å². The van der Waals surface area contributed by atoms with Gasteiger partial charge in [0.2, 0.25) is 0 Å². The Hall–Kier alpha value is 0.363. The molecule has 0 aromatic rings. The maximum atomic E-state index is 2.18. The molecule has 0 aromatic heterocycles. The summed E-state index contributed by atoms with van der Waals surface area (Å²) >= 11 is 0. The fourth-order valence-electron chi connectivity index (χ4n) is 0.333. The van der Waals surface area contributed by atoms with Crippen molar-refractivity contribution in [3.63, 3.8) is 0 Å². The third-order valence-corrected chi connectivity index (χ3v) is 0.691. The molecule has 0 aliphatic rings. The van der Waals surface area contributed by atoms with Crippen molar-refractivity contribution in [2.75, 3.05) is 0 Å². The second kappa shape index (κ2) is 9.61. The minimum absolute atomic E-state index is 0. The minimum atomic E-state index is 0. The van der Waals surface area contributed by atoms with Crippen LogP contribution in [-0.2, 0) is 19.5 Å². The normalized spacial score (nSPS) is 8.86. The third-order valence-electron chi connectivity index (χ3n) is 0.691. The summed E-state index contributed by atoms with van der Waals surface area (Å²) in [5.41, 5.74) is 0. The van der Waals surface area contributed by atoms with Crippen LogP contribution in [0.1, 0.15) is 26.7 Å². The van der Waals surface area contributed by atoms with Crippen molar-refractivity contribution in [2.45, 2.75) is 26.7 Å². The predicted octanol–water partition coefficient (Wildman–Crippen LogP) is 2.36. The molecule has 0 aromatic carbocycles. The van der Waals surface area contributed by atoms with Gasteiger partial charge in [-0.15, -0.1) is 0 Å². The summed E-state index contributed by atoms with van der Waals surface area (Å²) in [7, 11) is 0. The summed E-state index contributed by atoms with van der Waals surface area (Å²) in [4.78, 5) is 0. The minimum Gasteiger partial charge on any atom is -0.0917 e. The van der Waals surface area contributed by atoms with Crippen molar-refractivity contribution in [3.8, 4) is 0 Å². The molecule has 0 heterocycles. The van der Waals surface area contributed by atoms with Crippen molar-refractivity contribution in [1.82, 2.24) is 0 Å². The molecule has 0 N–H and O–H groups in total. The molecule has 0 rings (SSSR count). The second-order valence-corrected chi connectivity index (χ2v) is 1.36. The summed E-state index contributed by atoms with van der Waals surface area (Å²) in [5, 5.41) is 0. The largest absolute Gasteiger partial charge is 0.0917 e. The van der Waals surface area contributed by atoms with E-state index in [9.17, 15) is 0 Å². The molecular weight excluding hydrogens is 173 g/mol. The Balaban J connectivity index is 0. The van der Waals surface area contributed by atoms with Crippen LogP contribution in [0, 0.1) is 0 Å². The van der Waals surface area contributed by atoms with E-state index >= 15 is 0 Å². The second-order valence-electron chi connectivity index (χ2n) is 1.36. The molecule has 7 heavy (non-hydrogen) atoms. The molecule has 0 amide bonds. The monoisotopic (exact) mass is 186 g/mol. The summed E-state index contributed by atoms with van der Waals surface area (Å²) in [6.07, 6.45) is 6.77. The van der Waals surface area contributed by atoms with Crippen LogP contribution < -0.4 is 0 Å². The van der Waals surface area contributed by atoms with Gasteiger partial charge in [0, 0.05) is 19.5 Å². The van der Waals surface area contributed by atoms with Crippen molar-refractivity contribution in [1.29, 1.82) is 0 Å². The van der Waals surface area contributed by atoms with Gasteiger partial charge in [-0.05, 0) is 13.3 Å². The molecule has 0 bridgehead atoms. The molecule has 44 valence electrons. The average Bonchev–Trinajstić information content (AvgIpc) is 1.61. The molecule has 0 nitrogen and oxygen atoms in total. The Kier molecular flexibility index (Phi) is 14.2. The van der Waals surface area contributed by atoms with Gasteiger partial charge in [-0.2, -0.15) is 0 Å². The van der Waals surface area contributed by atoms with E-state index in [1.54, 1.807) is 0 Å². The Morgan fingerprint density at radius 1 is 1.43 bits per heavy atom. The van der Waals surface area contributed by atoms with Gasteiger partial charge in [-0.1, -0.05) is 25.5 Å². The summed E-state index contributed by atoms with van der Waals surface area (Å²) in [6, 6.07) is 0. The fourth-order valence-corrected chi connectivity index (χ4v) is 0.333. The smallest absolute Gasteiger partial charge is 0 e.